The lowest BCUT2D eigenvalue weighted by Crippen LogP contribution is -2.09. The Bertz CT molecular complexity index is 1640. The number of fused-ring (bicyclic) bond motifs is 6. The van der Waals surface area contributed by atoms with Gasteiger partial charge in [0.05, 0.1) is 5.39 Å². The second-order valence-electron chi connectivity index (χ2n) is 9.76. The van der Waals surface area contributed by atoms with Crippen molar-refractivity contribution in [3.63, 3.8) is 0 Å². The molecule has 0 aliphatic heterocycles. The SMILES string of the molecule is CC(C)(C)Cc1cc2ccccc2c2oc3c(-c4ccc5ccccc5c4)ncnc3c12. The second kappa shape index (κ2) is 6.89. The number of benzene rings is 4. The van der Waals surface area contributed by atoms with E-state index in [0.717, 1.165) is 45.1 Å². The Morgan fingerprint density at radius 1 is 0.750 bits per heavy atom. The zero-order chi connectivity index (χ0) is 21.9. The predicted octanol–water partition coefficient (Wildman–Crippen LogP) is 7.94. The Balaban J connectivity index is 1.70. The van der Waals surface area contributed by atoms with Crippen LogP contribution in [0.15, 0.2) is 83.5 Å². The summed E-state index contributed by atoms with van der Waals surface area (Å²) in [4.78, 5) is 9.37. The highest BCUT2D eigenvalue weighted by Gasteiger charge is 2.22. The summed E-state index contributed by atoms with van der Waals surface area (Å²) in [5, 5.41) is 5.82. The van der Waals surface area contributed by atoms with Gasteiger partial charge < -0.3 is 4.42 Å². The van der Waals surface area contributed by atoms with Gasteiger partial charge in [-0.2, -0.15) is 0 Å². The average Bonchev–Trinajstić information content (AvgIpc) is 3.18. The van der Waals surface area contributed by atoms with Crippen LogP contribution in [0.3, 0.4) is 0 Å². The first kappa shape index (κ1) is 19.0. The van der Waals surface area contributed by atoms with Gasteiger partial charge in [0.2, 0.25) is 0 Å². The summed E-state index contributed by atoms with van der Waals surface area (Å²) >= 11 is 0. The van der Waals surface area contributed by atoms with Gasteiger partial charge in [-0.3, -0.25) is 0 Å². The molecule has 0 N–H and O–H groups in total. The number of rotatable bonds is 2. The monoisotopic (exact) mass is 416 g/mol. The first-order valence-corrected chi connectivity index (χ1v) is 11.0. The predicted molar refractivity (Wildman–Crippen MR) is 133 cm³/mol. The molecule has 0 aliphatic carbocycles. The number of hydrogen-bond donors (Lipinski definition) is 0. The normalized spacial score (nSPS) is 12.3. The minimum atomic E-state index is 0.146. The van der Waals surface area contributed by atoms with Crippen LogP contribution in [0, 0.1) is 5.41 Å². The molecule has 0 bridgehead atoms. The van der Waals surface area contributed by atoms with Crippen LogP contribution in [0.1, 0.15) is 26.3 Å². The van der Waals surface area contributed by atoms with Gasteiger partial charge in [-0.25, -0.2) is 9.97 Å². The van der Waals surface area contributed by atoms with Crippen molar-refractivity contribution in [2.75, 3.05) is 0 Å². The summed E-state index contributed by atoms with van der Waals surface area (Å²) in [6.07, 6.45) is 2.61. The van der Waals surface area contributed by atoms with Crippen LogP contribution in [0.25, 0.3) is 54.9 Å². The summed E-state index contributed by atoms with van der Waals surface area (Å²) in [5.74, 6) is 0. The van der Waals surface area contributed by atoms with E-state index >= 15 is 0 Å². The van der Waals surface area contributed by atoms with Crippen molar-refractivity contribution >= 4 is 43.6 Å². The van der Waals surface area contributed by atoms with Crippen molar-refractivity contribution in [1.82, 2.24) is 9.97 Å². The maximum Gasteiger partial charge on any atom is 0.180 e. The molecule has 0 aliphatic rings. The van der Waals surface area contributed by atoms with Crippen molar-refractivity contribution in [3.8, 4) is 11.3 Å². The highest BCUT2D eigenvalue weighted by atomic mass is 16.3. The van der Waals surface area contributed by atoms with Crippen LogP contribution in [0.5, 0.6) is 0 Å². The standard InChI is InChI=1S/C29H24N2O/c1-29(2,3)16-22-15-20-10-6-7-11-23(20)27-24(22)26-28(32-27)25(30-17-31-26)21-13-12-18-8-4-5-9-19(18)14-21/h4-15,17H,16H2,1-3H3. The Hall–Kier alpha value is -3.72. The average molecular weight is 417 g/mol. The van der Waals surface area contributed by atoms with Gasteiger partial charge in [0.25, 0.3) is 0 Å². The molecule has 6 rings (SSSR count). The van der Waals surface area contributed by atoms with E-state index in [4.69, 9.17) is 9.40 Å². The molecule has 0 saturated carbocycles. The molecule has 3 nitrogen and oxygen atoms in total. The topological polar surface area (TPSA) is 38.9 Å². The van der Waals surface area contributed by atoms with Crippen LogP contribution < -0.4 is 0 Å². The van der Waals surface area contributed by atoms with Crippen molar-refractivity contribution in [2.45, 2.75) is 27.2 Å². The first-order chi connectivity index (χ1) is 15.5. The Labute approximate surface area is 186 Å². The molecule has 2 heterocycles. The molecular weight excluding hydrogens is 392 g/mol. The van der Waals surface area contributed by atoms with Crippen LogP contribution in [-0.4, -0.2) is 9.97 Å². The zero-order valence-corrected chi connectivity index (χ0v) is 18.5. The van der Waals surface area contributed by atoms with E-state index in [0.29, 0.717) is 0 Å². The lowest BCUT2D eigenvalue weighted by atomic mass is 9.86. The van der Waals surface area contributed by atoms with Crippen molar-refractivity contribution in [3.05, 3.63) is 84.7 Å². The highest BCUT2D eigenvalue weighted by Crippen LogP contribution is 2.40. The van der Waals surface area contributed by atoms with E-state index in [1.807, 2.05) is 0 Å². The lowest BCUT2D eigenvalue weighted by molar-refractivity contribution is 0.413. The number of nitrogens with zero attached hydrogens (tertiary/aromatic N) is 2. The van der Waals surface area contributed by atoms with Gasteiger partial charge in [-0.05, 0) is 39.6 Å². The van der Waals surface area contributed by atoms with Crippen LogP contribution in [0.4, 0.5) is 0 Å². The first-order valence-electron chi connectivity index (χ1n) is 11.0. The summed E-state index contributed by atoms with van der Waals surface area (Å²) < 4.78 is 6.59. The van der Waals surface area contributed by atoms with Crippen molar-refractivity contribution < 1.29 is 4.42 Å². The molecule has 0 amide bonds. The van der Waals surface area contributed by atoms with Gasteiger partial charge in [-0.1, -0.05) is 87.5 Å². The fraction of sp³-hybridized carbons (Fsp3) is 0.172. The van der Waals surface area contributed by atoms with Crippen molar-refractivity contribution in [2.24, 2.45) is 5.41 Å². The number of furan rings is 1. The van der Waals surface area contributed by atoms with E-state index in [-0.39, 0.29) is 5.41 Å². The van der Waals surface area contributed by atoms with Crippen LogP contribution in [0.2, 0.25) is 0 Å². The Kier molecular flexibility index (Phi) is 4.09. The fourth-order valence-electron chi connectivity index (χ4n) is 4.74. The summed E-state index contributed by atoms with van der Waals surface area (Å²) in [7, 11) is 0. The third kappa shape index (κ3) is 3.04. The van der Waals surface area contributed by atoms with Gasteiger partial charge in [0, 0.05) is 10.9 Å². The minimum Gasteiger partial charge on any atom is -0.451 e. The molecule has 0 atom stereocenters. The van der Waals surface area contributed by atoms with Gasteiger partial charge in [-0.15, -0.1) is 0 Å². The zero-order valence-electron chi connectivity index (χ0n) is 18.5. The number of aromatic nitrogens is 2. The van der Waals surface area contributed by atoms with E-state index in [1.54, 1.807) is 6.33 Å². The third-order valence-electron chi connectivity index (χ3n) is 6.07. The van der Waals surface area contributed by atoms with E-state index in [2.05, 4.69) is 98.6 Å². The highest BCUT2D eigenvalue weighted by molar-refractivity contribution is 6.17. The van der Waals surface area contributed by atoms with E-state index in [9.17, 15) is 0 Å². The number of hydrogen-bond acceptors (Lipinski definition) is 3. The van der Waals surface area contributed by atoms with Crippen LogP contribution >= 0.6 is 0 Å². The largest absolute Gasteiger partial charge is 0.451 e. The molecule has 156 valence electrons. The Morgan fingerprint density at radius 3 is 2.31 bits per heavy atom. The van der Waals surface area contributed by atoms with E-state index < -0.39 is 0 Å². The van der Waals surface area contributed by atoms with Crippen molar-refractivity contribution in [1.29, 1.82) is 0 Å². The molecule has 4 aromatic carbocycles. The third-order valence-corrected chi connectivity index (χ3v) is 6.07. The molecule has 3 heteroatoms. The minimum absolute atomic E-state index is 0.146. The molecule has 6 aromatic rings. The van der Waals surface area contributed by atoms with Crippen LogP contribution in [-0.2, 0) is 6.42 Å². The van der Waals surface area contributed by atoms with E-state index in [1.165, 1.54) is 21.7 Å². The van der Waals surface area contributed by atoms with Gasteiger partial charge in [0.15, 0.2) is 5.58 Å². The summed E-state index contributed by atoms with van der Waals surface area (Å²) in [5.41, 5.74) is 5.84. The quantitative estimate of drug-likeness (QED) is 0.287. The second-order valence-corrected chi connectivity index (χ2v) is 9.76. The lowest BCUT2D eigenvalue weighted by Gasteiger charge is -2.19. The molecular formula is C29H24N2O. The Morgan fingerprint density at radius 2 is 1.50 bits per heavy atom. The summed E-state index contributed by atoms with van der Waals surface area (Å²) in [6, 6.07) is 25.5. The summed E-state index contributed by atoms with van der Waals surface area (Å²) in [6.45, 7) is 6.81. The molecule has 32 heavy (non-hydrogen) atoms. The molecule has 0 radical (unpaired) electrons. The maximum absolute atomic E-state index is 6.59. The smallest absolute Gasteiger partial charge is 0.180 e. The molecule has 0 fully saturated rings. The molecule has 0 unspecified atom stereocenters. The van der Waals surface area contributed by atoms with Gasteiger partial charge in [0.1, 0.15) is 23.1 Å². The fourth-order valence-corrected chi connectivity index (χ4v) is 4.74. The van der Waals surface area contributed by atoms with Gasteiger partial charge >= 0.3 is 0 Å². The molecule has 0 saturated heterocycles. The molecule has 0 spiro atoms. The molecule has 2 aromatic heterocycles. The maximum atomic E-state index is 6.59.